The van der Waals surface area contributed by atoms with Gasteiger partial charge in [0.05, 0.1) is 11.4 Å². The zero-order chi connectivity index (χ0) is 12.0. The third-order valence-corrected chi connectivity index (χ3v) is 3.40. The molecule has 17 heavy (non-hydrogen) atoms. The molecule has 2 aromatic rings. The second-order valence-corrected chi connectivity index (χ2v) is 4.53. The zero-order valence-electron chi connectivity index (χ0n) is 9.22. The Morgan fingerprint density at radius 3 is 3.00 bits per heavy atom. The third kappa shape index (κ3) is 1.56. The molecule has 1 atom stereocenters. The highest BCUT2D eigenvalue weighted by molar-refractivity contribution is 6.33. The Bertz CT molecular complexity index is 644. The zero-order valence-corrected chi connectivity index (χ0v) is 9.98. The quantitative estimate of drug-likeness (QED) is 0.728. The normalized spacial score (nSPS) is 20.0. The summed E-state index contributed by atoms with van der Waals surface area (Å²) in [6.07, 6.45) is 5.81. The molecule has 0 amide bonds. The summed E-state index contributed by atoms with van der Waals surface area (Å²) in [6.45, 7) is 1.84. The van der Waals surface area contributed by atoms with E-state index in [0.717, 1.165) is 16.6 Å². The van der Waals surface area contributed by atoms with E-state index in [1.807, 2.05) is 29.8 Å². The maximum atomic E-state index is 11.5. The molecule has 2 heterocycles. The number of allylic oxidation sites excluding steroid dienone is 2. The van der Waals surface area contributed by atoms with Crippen LogP contribution in [0.4, 0.5) is 0 Å². The topological polar surface area (TPSA) is 47.8 Å². The molecule has 0 N–H and O–H groups in total. The van der Waals surface area contributed by atoms with Gasteiger partial charge in [-0.1, -0.05) is 17.7 Å². The summed E-state index contributed by atoms with van der Waals surface area (Å²) in [5, 5.41) is 1.26. The summed E-state index contributed by atoms with van der Waals surface area (Å²) in [5.41, 5.74) is 1.59. The maximum absolute atomic E-state index is 11.5. The van der Waals surface area contributed by atoms with Gasteiger partial charge in [-0.15, -0.1) is 0 Å². The molecule has 0 aliphatic heterocycles. The summed E-state index contributed by atoms with van der Waals surface area (Å²) < 4.78 is 1.97. The Morgan fingerprint density at radius 2 is 2.29 bits per heavy atom. The number of ketones is 1. The first-order valence-electron chi connectivity index (χ1n) is 5.35. The molecule has 5 heteroatoms. The SMILES string of the molecule is CC1=CC(n2ccc3c(Cl)ncnc32)CC1=O. The van der Waals surface area contributed by atoms with Gasteiger partial charge >= 0.3 is 0 Å². The van der Waals surface area contributed by atoms with Gasteiger partial charge in [-0.25, -0.2) is 9.97 Å². The molecule has 0 spiro atoms. The first-order chi connectivity index (χ1) is 8.16. The standard InChI is InChI=1S/C12H10ClN3O/c1-7-4-8(5-10(7)17)16-3-2-9-11(13)14-6-15-12(9)16/h2-4,6,8H,5H2,1H3. The van der Waals surface area contributed by atoms with Gasteiger partial charge in [-0.05, 0) is 18.6 Å². The van der Waals surface area contributed by atoms with Crippen molar-refractivity contribution in [2.45, 2.75) is 19.4 Å². The molecule has 0 saturated carbocycles. The Balaban J connectivity index is 2.14. The second-order valence-electron chi connectivity index (χ2n) is 4.17. The van der Waals surface area contributed by atoms with Gasteiger partial charge in [0.2, 0.25) is 0 Å². The summed E-state index contributed by atoms with van der Waals surface area (Å²) in [7, 11) is 0. The van der Waals surface area contributed by atoms with Crippen molar-refractivity contribution < 1.29 is 4.79 Å². The van der Waals surface area contributed by atoms with E-state index in [9.17, 15) is 4.79 Å². The molecule has 1 unspecified atom stereocenters. The van der Waals surface area contributed by atoms with Crippen LogP contribution in [0.3, 0.4) is 0 Å². The number of fused-ring (bicyclic) bond motifs is 1. The second kappa shape index (κ2) is 3.67. The number of hydrogen-bond acceptors (Lipinski definition) is 3. The number of halogens is 1. The van der Waals surface area contributed by atoms with Gasteiger partial charge in [0, 0.05) is 12.6 Å². The van der Waals surface area contributed by atoms with E-state index < -0.39 is 0 Å². The van der Waals surface area contributed by atoms with Crippen molar-refractivity contribution >= 4 is 28.4 Å². The van der Waals surface area contributed by atoms with Crippen LogP contribution in [-0.4, -0.2) is 20.3 Å². The molecule has 2 aromatic heterocycles. The maximum Gasteiger partial charge on any atom is 0.160 e. The van der Waals surface area contributed by atoms with E-state index in [1.54, 1.807) is 0 Å². The minimum atomic E-state index is 0.0472. The lowest BCUT2D eigenvalue weighted by atomic mass is 10.2. The average molecular weight is 248 g/mol. The fourth-order valence-corrected chi connectivity index (χ4v) is 2.37. The summed E-state index contributed by atoms with van der Waals surface area (Å²) in [4.78, 5) is 19.7. The van der Waals surface area contributed by atoms with Crippen molar-refractivity contribution in [3.8, 4) is 0 Å². The van der Waals surface area contributed by atoms with Crippen LogP contribution in [-0.2, 0) is 4.79 Å². The first kappa shape index (κ1) is 10.5. The van der Waals surface area contributed by atoms with Crippen LogP contribution in [0.5, 0.6) is 0 Å². The van der Waals surface area contributed by atoms with E-state index in [0.29, 0.717) is 11.6 Å². The lowest BCUT2D eigenvalue weighted by Gasteiger charge is -2.09. The van der Waals surface area contributed by atoms with Crippen LogP contribution in [0, 0.1) is 0 Å². The highest BCUT2D eigenvalue weighted by atomic mass is 35.5. The van der Waals surface area contributed by atoms with Crippen LogP contribution in [0.15, 0.2) is 30.2 Å². The van der Waals surface area contributed by atoms with Crippen LogP contribution in [0.2, 0.25) is 5.15 Å². The molecule has 4 nitrogen and oxygen atoms in total. The molecule has 0 saturated heterocycles. The van der Waals surface area contributed by atoms with Gasteiger partial charge < -0.3 is 4.57 Å². The van der Waals surface area contributed by atoms with E-state index in [4.69, 9.17) is 11.6 Å². The van der Waals surface area contributed by atoms with E-state index in [2.05, 4.69) is 9.97 Å². The number of hydrogen-bond donors (Lipinski definition) is 0. The van der Waals surface area contributed by atoms with Crippen molar-refractivity contribution in [3.63, 3.8) is 0 Å². The lowest BCUT2D eigenvalue weighted by molar-refractivity contribution is -0.115. The average Bonchev–Trinajstić information content (AvgIpc) is 2.85. The van der Waals surface area contributed by atoms with Crippen molar-refractivity contribution in [2.75, 3.05) is 0 Å². The van der Waals surface area contributed by atoms with Gasteiger partial charge in [-0.3, -0.25) is 4.79 Å². The fraction of sp³-hybridized carbons (Fsp3) is 0.250. The third-order valence-electron chi connectivity index (χ3n) is 3.09. The predicted molar refractivity (Wildman–Crippen MR) is 65.0 cm³/mol. The minimum absolute atomic E-state index is 0.0472. The van der Waals surface area contributed by atoms with Gasteiger partial charge in [0.1, 0.15) is 17.1 Å². The minimum Gasteiger partial charge on any atom is -0.325 e. The molecular formula is C12H10ClN3O. The number of rotatable bonds is 1. The largest absolute Gasteiger partial charge is 0.325 e. The Labute approximate surface area is 103 Å². The van der Waals surface area contributed by atoms with Crippen LogP contribution in [0.25, 0.3) is 11.0 Å². The number of nitrogens with zero attached hydrogens (tertiary/aromatic N) is 3. The highest BCUT2D eigenvalue weighted by Crippen LogP contribution is 2.30. The number of carbonyl (C=O) groups is 1. The summed E-state index contributed by atoms with van der Waals surface area (Å²) in [6, 6.07) is 1.93. The fourth-order valence-electron chi connectivity index (χ4n) is 2.18. The molecule has 86 valence electrons. The molecule has 1 aliphatic carbocycles. The summed E-state index contributed by atoms with van der Waals surface area (Å²) >= 11 is 5.99. The summed E-state index contributed by atoms with van der Waals surface area (Å²) in [5.74, 6) is 0.192. The van der Waals surface area contributed by atoms with Crippen molar-refractivity contribution in [1.82, 2.24) is 14.5 Å². The Morgan fingerprint density at radius 1 is 1.47 bits per heavy atom. The van der Waals surface area contributed by atoms with Gasteiger partial charge in [0.15, 0.2) is 5.78 Å². The molecule has 0 aromatic carbocycles. The first-order valence-corrected chi connectivity index (χ1v) is 5.73. The van der Waals surface area contributed by atoms with Gasteiger partial charge in [-0.2, -0.15) is 0 Å². The molecular weight excluding hydrogens is 238 g/mol. The van der Waals surface area contributed by atoms with Crippen LogP contribution in [0.1, 0.15) is 19.4 Å². The molecule has 0 fully saturated rings. The molecule has 1 aliphatic rings. The monoisotopic (exact) mass is 247 g/mol. The predicted octanol–water partition coefficient (Wildman–Crippen LogP) is 2.54. The van der Waals surface area contributed by atoms with Crippen molar-refractivity contribution in [1.29, 1.82) is 0 Å². The van der Waals surface area contributed by atoms with Crippen molar-refractivity contribution in [3.05, 3.63) is 35.4 Å². The van der Waals surface area contributed by atoms with Gasteiger partial charge in [0.25, 0.3) is 0 Å². The van der Waals surface area contributed by atoms with Crippen LogP contribution >= 0.6 is 11.6 Å². The number of carbonyl (C=O) groups excluding carboxylic acids is 1. The van der Waals surface area contributed by atoms with E-state index in [-0.39, 0.29) is 11.8 Å². The number of Topliss-reactive ketones (excluding diaryl/α,β-unsaturated/α-hetero) is 1. The molecule has 0 radical (unpaired) electrons. The van der Waals surface area contributed by atoms with E-state index in [1.165, 1.54) is 6.33 Å². The Kier molecular flexibility index (Phi) is 2.26. The molecule has 3 rings (SSSR count). The number of aromatic nitrogens is 3. The van der Waals surface area contributed by atoms with E-state index >= 15 is 0 Å². The van der Waals surface area contributed by atoms with Crippen LogP contribution < -0.4 is 0 Å². The Hall–Kier alpha value is -1.68. The van der Waals surface area contributed by atoms with Crippen molar-refractivity contribution in [2.24, 2.45) is 0 Å². The molecule has 0 bridgehead atoms. The highest BCUT2D eigenvalue weighted by Gasteiger charge is 2.23. The lowest BCUT2D eigenvalue weighted by Crippen LogP contribution is -2.05. The smallest absolute Gasteiger partial charge is 0.160 e.